The third kappa shape index (κ3) is 2.55. The molecule has 4 nitrogen and oxygen atoms in total. The smallest absolute Gasteiger partial charge is 0.249 e. The minimum atomic E-state index is -1.08. The van der Waals surface area contributed by atoms with Crippen LogP contribution in [0, 0.1) is 0 Å². The largest absolute Gasteiger partial charge is 0.314 e. The van der Waals surface area contributed by atoms with Gasteiger partial charge < -0.3 is 11.1 Å². The van der Waals surface area contributed by atoms with E-state index in [2.05, 4.69) is 10.3 Å². The van der Waals surface area contributed by atoms with Crippen LogP contribution in [0.4, 0.5) is 5.82 Å². The van der Waals surface area contributed by atoms with Gasteiger partial charge in [-0.05, 0) is 24.6 Å². The Morgan fingerprint density at radius 1 is 1.17 bits per heavy atom. The fraction of sp³-hybridized carbons (Fsp3) is 0.143. The third-order valence-corrected chi connectivity index (χ3v) is 2.75. The highest BCUT2D eigenvalue weighted by molar-refractivity contribution is 5.97. The average Bonchev–Trinajstić information content (AvgIpc) is 2.41. The maximum absolute atomic E-state index is 12.2. The van der Waals surface area contributed by atoms with E-state index in [4.69, 9.17) is 5.73 Å². The van der Waals surface area contributed by atoms with E-state index in [0.29, 0.717) is 5.82 Å². The number of nitrogens with zero attached hydrogens (tertiary/aromatic N) is 1. The SMILES string of the molecule is CC(N)(C(=O)Nc1ccccn1)c1ccccc1. The highest BCUT2D eigenvalue weighted by atomic mass is 16.2. The molecule has 18 heavy (non-hydrogen) atoms. The lowest BCUT2D eigenvalue weighted by atomic mass is 9.92. The molecule has 0 saturated carbocycles. The van der Waals surface area contributed by atoms with E-state index in [1.807, 2.05) is 30.3 Å². The number of rotatable bonds is 3. The van der Waals surface area contributed by atoms with Crippen molar-refractivity contribution in [3.63, 3.8) is 0 Å². The molecule has 1 heterocycles. The van der Waals surface area contributed by atoms with Crippen LogP contribution in [-0.4, -0.2) is 10.9 Å². The van der Waals surface area contributed by atoms with Crippen molar-refractivity contribution >= 4 is 11.7 Å². The van der Waals surface area contributed by atoms with Crippen LogP contribution >= 0.6 is 0 Å². The Labute approximate surface area is 106 Å². The van der Waals surface area contributed by atoms with Crippen LogP contribution in [0.25, 0.3) is 0 Å². The summed E-state index contributed by atoms with van der Waals surface area (Å²) in [6.45, 7) is 1.68. The second-order valence-corrected chi connectivity index (χ2v) is 4.24. The summed E-state index contributed by atoms with van der Waals surface area (Å²) in [4.78, 5) is 16.2. The summed E-state index contributed by atoms with van der Waals surface area (Å²) in [5, 5.41) is 2.71. The van der Waals surface area contributed by atoms with Crippen molar-refractivity contribution in [1.29, 1.82) is 0 Å². The van der Waals surface area contributed by atoms with Crippen LogP contribution in [0.15, 0.2) is 54.7 Å². The van der Waals surface area contributed by atoms with E-state index < -0.39 is 5.54 Å². The first-order chi connectivity index (χ1) is 8.60. The summed E-state index contributed by atoms with van der Waals surface area (Å²) in [6, 6.07) is 14.6. The van der Waals surface area contributed by atoms with Crippen molar-refractivity contribution in [2.45, 2.75) is 12.5 Å². The molecule has 3 N–H and O–H groups in total. The van der Waals surface area contributed by atoms with E-state index in [0.717, 1.165) is 5.56 Å². The Kier molecular flexibility index (Phi) is 3.39. The van der Waals surface area contributed by atoms with Gasteiger partial charge in [0.25, 0.3) is 0 Å². The molecule has 0 spiro atoms. The van der Waals surface area contributed by atoms with Crippen LogP contribution in [0.5, 0.6) is 0 Å². The first-order valence-electron chi connectivity index (χ1n) is 5.67. The number of pyridine rings is 1. The van der Waals surface area contributed by atoms with Crippen molar-refractivity contribution in [2.75, 3.05) is 5.32 Å². The fourth-order valence-electron chi connectivity index (χ4n) is 1.60. The van der Waals surface area contributed by atoms with Gasteiger partial charge in [0.2, 0.25) is 5.91 Å². The van der Waals surface area contributed by atoms with Gasteiger partial charge in [-0.1, -0.05) is 36.4 Å². The molecular formula is C14H15N3O. The van der Waals surface area contributed by atoms with Gasteiger partial charge in [-0.3, -0.25) is 4.79 Å². The van der Waals surface area contributed by atoms with Gasteiger partial charge in [-0.2, -0.15) is 0 Å². The molecule has 92 valence electrons. The second kappa shape index (κ2) is 4.98. The summed E-state index contributed by atoms with van der Waals surface area (Å²) in [6.07, 6.45) is 1.62. The molecule has 4 heteroatoms. The summed E-state index contributed by atoms with van der Waals surface area (Å²) < 4.78 is 0. The lowest BCUT2D eigenvalue weighted by molar-refractivity contribution is -0.120. The van der Waals surface area contributed by atoms with Crippen molar-refractivity contribution in [1.82, 2.24) is 4.98 Å². The number of benzene rings is 1. The van der Waals surface area contributed by atoms with Crippen molar-refractivity contribution < 1.29 is 4.79 Å². The molecule has 0 radical (unpaired) electrons. The topological polar surface area (TPSA) is 68.0 Å². The van der Waals surface area contributed by atoms with Crippen LogP contribution in [0.2, 0.25) is 0 Å². The summed E-state index contributed by atoms with van der Waals surface area (Å²) in [5.41, 5.74) is 5.77. The van der Waals surface area contributed by atoms with Crippen molar-refractivity contribution in [3.8, 4) is 0 Å². The van der Waals surface area contributed by atoms with Gasteiger partial charge >= 0.3 is 0 Å². The van der Waals surface area contributed by atoms with Crippen molar-refractivity contribution in [3.05, 3.63) is 60.3 Å². The average molecular weight is 241 g/mol. The number of aromatic nitrogens is 1. The molecule has 1 atom stereocenters. The summed E-state index contributed by atoms with van der Waals surface area (Å²) >= 11 is 0. The molecule has 1 unspecified atom stereocenters. The molecule has 0 fully saturated rings. The zero-order valence-electron chi connectivity index (χ0n) is 10.1. The predicted molar refractivity (Wildman–Crippen MR) is 70.8 cm³/mol. The molecule has 0 bridgehead atoms. The van der Waals surface area contributed by atoms with E-state index in [1.54, 1.807) is 31.3 Å². The standard InChI is InChI=1S/C14H15N3O/c1-14(15,11-7-3-2-4-8-11)13(18)17-12-9-5-6-10-16-12/h2-10H,15H2,1H3,(H,16,17,18). The van der Waals surface area contributed by atoms with E-state index in [9.17, 15) is 4.79 Å². The first kappa shape index (κ1) is 12.3. The molecule has 0 aliphatic carbocycles. The number of hydrogen-bond acceptors (Lipinski definition) is 3. The maximum Gasteiger partial charge on any atom is 0.249 e. The third-order valence-electron chi connectivity index (χ3n) is 2.75. The van der Waals surface area contributed by atoms with Gasteiger partial charge in [0.15, 0.2) is 0 Å². The summed E-state index contributed by atoms with van der Waals surface area (Å²) in [7, 11) is 0. The highest BCUT2D eigenvalue weighted by Gasteiger charge is 2.30. The highest BCUT2D eigenvalue weighted by Crippen LogP contribution is 2.19. The zero-order chi connectivity index (χ0) is 13.0. The Morgan fingerprint density at radius 2 is 1.83 bits per heavy atom. The van der Waals surface area contributed by atoms with Gasteiger partial charge in [-0.15, -0.1) is 0 Å². The molecule has 1 aromatic heterocycles. The molecule has 1 aromatic carbocycles. The quantitative estimate of drug-likeness (QED) is 0.862. The Bertz CT molecular complexity index is 523. The van der Waals surface area contributed by atoms with E-state index >= 15 is 0 Å². The first-order valence-corrected chi connectivity index (χ1v) is 5.67. The maximum atomic E-state index is 12.2. The molecule has 2 aromatic rings. The number of nitrogens with two attached hydrogens (primary N) is 1. The number of amides is 1. The molecule has 2 rings (SSSR count). The molecule has 0 aliphatic heterocycles. The van der Waals surface area contributed by atoms with Crippen LogP contribution in [0.3, 0.4) is 0 Å². The van der Waals surface area contributed by atoms with Crippen molar-refractivity contribution in [2.24, 2.45) is 5.73 Å². The zero-order valence-corrected chi connectivity index (χ0v) is 10.1. The molecular weight excluding hydrogens is 226 g/mol. The lowest BCUT2D eigenvalue weighted by Crippen LogP contribution is -2.45. The van der Waals surface area contributed by atoms with Crippen LogP contribution in [-0.2, 0) is 10.3 Å². The van der Waals surface area contributed by atoms with Crippen LogP contribution < -0.4 is 11.1 Å². The number of carbonyl (C=O) groups is 1. The van der Waals surface area contributed by atoms with Gasteiger partial charge in [-0.25, -0.2) is 4.98 Å². The Morgan fingerprint density at radius 3 is 2.44 bits per heavy atom. The molecule has 0 saturated heterocycles. The second-order valence-electron chi connectivity index (χ2n) is 4.24. The minimum Gasteiger partial charge on any atom is -0.314 e. The number of anilines is 1. The monoisotopic (exact) mass is 241 g/mol. The van der Waals surface area contributed by atoms with Crippen LogP contribution in [0.1, 0.15) is 12.5 Å². The Balaban J connectivity index is 2.18. The fourth-order valence-corrected chi connectivity index (χ4v) is 1.60. The van der Waals surface area contributed by atoms with Gasteiger partial charge in [0.1, 0.15) is 11.4 Å². The molecule has 0 aliphatic rings. The number of nitrogens with one attached hydrogen (secondary N) is 1. The molecule has 1 amide bonds. The van der Waals surface area contributed by atoms with Gasteiger partial charge in [0, 0.05) is 6.20 Å². The number of hydrogen-bond donors (Lipinski definition) is 2. The van der Waals surface area contributed by atoms with E-state index in [-0.39, 0.29) is 5.91 Å². The summed E-state index contributed by atoms with van der Waals surface area (Å²) in [5.74, 6) is 0.211. The lowest BCUT2D eigenvalue weighted by Gasteiger charge is -2.23. The predicted octanol–water partition coefficient (Wildman–Crippen LogP) is 1.89. The van der Waals surface area contributed by atoms with E-state index in [1.165, 1.54) is 0 Å². The normalized spacial score (nSPS) is 13.7. The van der Waals surface area contributed by atoms with Gasteiger partial charge in [0.05, 0.1) is 0 Å². The number of carbonyl (C=O) groups excluding carboxylic acids is 1. The Hall–Kier alpha value is -2.20. The minimum absolute atomic E-state index is 0.285.